The summed E-state index contributed by atoms with van der Waals surface area (Å²) in [5.74, 6) is 0.467. The van der Waals surface area contributed by atoms with Crippen molar-refractivity contribution in [3.63, 3.8) is 0 Å². The van der Waals surface area contributed by atoms with Gasteiger partial charge in [-0.25, -0.2) is 4.79 Å². The van der Waals surface area contributed by atoms with E-state index < -0.39 is 30.0 Å². The number of rotatable bonds is 5. The van der Waals surface area contributed by atoms with E-state index in [1.165, 1.54) is 0 Å². The lowest BCUT2D eigenvalue weighted by Crippen LogP contribution is -2.41. The van der Waals surface area contributed by atoms with Crippen molar-refractivity contribution in [1.82, 2.24) is 5.32 Å². The summed E-state index contributed by atoms with van der Waals surface area (Å²) >= 11 is 5.87. The first kappa shape index (κ1) is 22.8. The molecular weight excluding hydrogens is 376 g/mol. The molecule has 1 aromatic rings. The van der Waals surface area contributed by atoms with Gasteiger partial charge in [-0.2, -0.15) is 0 Å². The van der Waals surface area contributed by atoms with Gasteiger partial charge in [0.1, 0.15) is 5.60 Å². The molecule has 28 heavy (non-hydrogen) atoms. The smallest absolute Gasteiger partial charge is 0.444 e. The number of alkyl halides is 1. The number of carbonyl (C=O) groups is 1. The summed E-state index contributed by atoms with van der Waals surface area (Å²) < 4.78 is 17.7. The SMILES string of the molecule is CC(C)(C)OC(=O)NCC(=Cc1ccc(CCl)cc1)B1OC(C)(C)C(C)(C)O1. The molecule has 154 valence electrons. The zero-order valence-corrected chi connectivity index (χ0v) is 18.6. The topological polar surface area (TPSA) is 56.8 Å². The van der Waals surface area contributed by atoms with E-state index in [1.54, 1.807) is 0 Å². The summed E-state index contributed by atoms with van der Waals surface area (Å²) in [6, 6.07) is 7.91. The van der Waals surface area contributed by atoms with Crippen LogP contribution in [0.15, 0.2) is 29.7 Å². The van der Waals surface area contributed by atoms with Crippen molar-refractivity contribution in [1.29, 1.82) is 0 Å². The Morgan fingerprint density at radius 1 is 1.14 bits per heavy atom. The Bertz CT molecular complexity index is 707. The minimum absolute atomic E-state index is 0.253. The van der Waals surface area contributed by atoms with E-state index in [0.717, 1.165) is 16.6 Å². The molecule has 0 unspecified atom stereocenters. The van der Waals surface area contributed by atoms with Crippen LogP contribution in [0.2, 0.25) is 0 Å². The van der Waals surface area contributed by atoms with E-state index in [1.807, 2.05) is 78.8 Å². The lowest BCUT2D eigenvalue weighted by Gasteiger charge is -2.32. The number of amides is 1. The van der Waals surface area contributed by atoms with Gasteiger partial charge in [0.15, 0.2) is 0 Å². The van der Waals surface area contributed by atoms with E-state index in [2.05, 4.69) is 5.32 Å². The van der Waals surface area contributed by atoms with Gasteiger partial charge < -0.3 is 19.4 Å². The molecule has 5 nitrogen and oxygen atoms in total. The molecule has 7 heteroatoms. The van der Waals surface area contributed by atoms with Crippen LogP contribution in [0.25, 0.3) is 6.08 Å². The molecule has 0 aliphatic carbocycles. The number of benzene rings is 1. The Balaban J connectivity index is 2.23. The number of ether oxygens (including phenoxy) is 1. The minimum Gasteiger partial charge on any atom is -0.444 e. The number of hydrogen-bond donors (Lipinski definition) is 1. The zero-order valence-electron chi connectivity index (χ0n) is 17.9. The molecule has 1 amide bonds. The molecule has 1 saturated heterocycles. The summed E-state index contributed by atoms with van der Waals surface area (Å²) in [6.45, 7) is 13.7. The van der Waals surface area contributed by atoms with Crippen molar-refractivity contribution >= 4 is 30.9 Å². The molecular formula is C21H31BClNO4. The lowest BCUT2D eigenvalue weighted by molar-refractivity contribution is 0.00578. The van der Waals surface area contributed by atoms with Crippen LogP contribution in [0.3, 0.4) is 0 Å². The molecule has 1 fully saturated rings. The van der Waals surface area contributed by atoms with E-state index in [-0.39, 0.29) is 6.54 Å². The van der Waals surface area contributed by atoms with E-state index in [9.17, 15) is 4.79 Å². The third-order valence-electron chi connectivity index (χ3n) is 4.88. The molecule has 0 radical (unpaired) electrons. The fourth-order valence-corrected chi connectivity index (χ4v) is 2.78. The third-order valence-corrected chi connectivity index (χ3v) is 5.19. The van der Waals surface area contributed by atoms with Crippen LogP contribution in [-0.2, 0) is 19.9 Å². The summed E-state index contributed by atoms with van der Waals surface area (Å²) in [5, 5.41) is 2.80. The van der Waals surface area contributed by atoms with Crippen molar-refractivity contribution in [2.45, 2.75) is 71.1 Å². The fourth-order valence-electron chi connectivity index (χ4n) is 2.60. The number of alkyl carbamates (subject to hydrolysis) is 1. The second kappa shape index (κ2) is 8.48. The predicted octanol–water partition coefficient (Wildman–Crippen LogP) is 4.96. The summed E-state index contributed by atoms with van der Waals surface area (Å²) in [4.78, 5) is 12.1. The first-order valence-electron chi connectivity index (χ1n) is 9.51. The maximum atomic E-state index is 12.1. The van der Waals surface area contributed by atoms with Gasteiger partial charge in [0.05, 0.1) is 11.2 Å². The molecule has 1 heterocycles. The van der Waals surface area contributed by atoms with Crippen LogP contribution >= 0.6 is 11.6 Å². The maximum Gasteiger partial charge on any atom is 0.492 e. The third kappa shape index (κ3) is 6.00. The summed E-state index contributed by atoms with van der Waals surface area (Å²) in [6.07, 6.45) is 1.49. The Kier molecular flexibility index (Phi) is 6.90. The molecule has 0 atom stereocenters. The molecule has 0 bridgehead atoms. The quantitative estimate of drug-likeness (QED) is 0.553. The Hall–Kier alpha value is -1.50. The van der Waals surface area contributed by atoms with Gasteiger partial charge >= 0.3 is 13.2 Å². The van der Waals surface area contributed by atoms with Gasteiger partial charge in [0.2, 0.25) is 0 Å². The van der Waals surface area contributed by atoms with Crippen molar-refractivity contribution in [3.05, 3.63) is 40.9 Å². The van der Waals surface area contributed by atoms with Crippen LogP contribution in [0, 0.1) is 0 Å². The second-order valence-electron chi connectivity index (χ2n) is 9.04. The minimum atomic E-state index is -0.562. The standard InChI is InChI=1S/C21H31BClNO4/c1-19(2,3)26-18(25)24-14-17(12-15-8-10-16(13-23)11-9-15)22-27-20(4,5)21(6,7)28-22/h8-12H,13-14H2,1-7H3,(H,24,25). The summed E-state index contributed by atoms with van der Waals surface area (Å²) in [5.41, 5.74) is 1.34. The number of nitrogens with one attached hydrogen (secondary N) is 1. The molecule has 1 aromatic carbocycles. The molecule has 0 aromatic heterocycles. The Morgan fingerprint density at radius 2 is 1.68 bits per heavy atom. The van der Waals surface area contributed by atoms with Crippen LogP contribution < -0.4 is 5.32 Å². The maximum absolute atomic E-state index is 12.1. The van der Waals surface area contributed by atoms with E-state index >= 15 is 0 Å². The molecule has 2 rings (SSSR count). The Labute approximate surface area is 173 Å². The van der Waals surface area contributed by atoms with E-state index in [0.29, 0.717) is 5.88 Å². The normalized spacial score (nSPS) is 18.9. The monoisotopic (exact) mass is 407 g/mol. The largest absolute Gasteiger partial charge is 0.492 e. The van der Waals surface area contributed by atoms with Gasteiger partial charge in [-0.3, -0.25) is 0 Å². The molecule has 1 N–H and O–H groups in total. The zero-order chi connectivity index (χ0) is 21.2. The average molecular weight is 408 g/mol. The highest BCUT2D eigenvalue weighted by Gasteiger charge is 2.52. The number of carbonyl (C=O) groups excluding carboxylic acids is 1. The molecule has 1 aliphatic rings. The van der Waals surface area contributed by atoms with Crippen LogP contribution in [0.1, 0.15) is 59.6 Å². The molecule has 0 saturated carbocycles. The highest BCUT2D eigenvalue weighted by molar-refractivity contribution is 6.56. The van der Waals surface area contributed by atoms with Gasteiger partial charge in [-0.1, -0.05) is 30.3 Å². The van der Waals surface area contributed by atoms with E-state index in [4.69, 9.17) is 25.6 Å². The predicted molar refractivity (Wildman–Crippen MR) is 114 cm³/mol. The number of halogens is 1. The van der Waals surface area contributed by atoms with Crippen molar-refractivity contribution in [2.75, 3.05) is 6.54 Å². The van der Waals surface area contributed by atoms with Gasteiger partial charge in [0.25, 0.3) is 0 Å². The van der Waals surface area contributed by atoms with Crippen molar-refractivity contribution in [2.24, 2.45) is 0 Å². The van der Waals surface area contributed by atoms with Crippen LogP contribution in [-0.4, -0.2) is 36.6 Å². The number of hydrogen-bond acceptors (Lipinski definition) is 4. The Morgan fingerprint density at radius 3 is 2.14 bits per heavy atom. The van der Waals surface area contributed by atoms with Gasteiger partial charge in [-0.15, -0.1) is 11.6 Å². The fraction of sp³-hybridized carbons (Fsp3) is 0.571. The molecule has 0 spiro atoms. The average Bonchev–Trinajstić information content (AvgIpc) is 2.78. The van der Waals surface area contributed by atoms with Crippen molar-refractivity contribution < 1.29 is 18.8 Å². The lowest BCUT2D eigenvalue weighted by atomic mass is 9.77. The summed E-state index contributed by atoms with van der Waals surface area (Å²) in [7, 11) is -0.562. The molecule has 1 aliphatic heterocycles. The second-order valence-corrected chi connectivity index (χ2v) is 9.31. The van der Waals surface area contributed by atoms with Crippen LogP contribution in [0.4, 0.5) is 4.79 Å². The highest BCUT2D eigenvalue weighted by Crippen LogP contribution is 2.38. The van der Waals surface area contributed by atoms with Crippen LogP contribution in [0.5, 0.6) is 0 Å². The van der Waals surface area contributed by atoms with Gasteiger partial charge in [0, 0.05) is 12.4 Å². The highest BCUT2D eigenvalue weighted by atomic mass is 35.5. The first-order chi connectivity index (χ1) is 12.8. The van der Waals surface area contributed by atoms with Crippen molar-refractivity contribution in [3.8, 4) is 0 Å². The first-order valence-corrected chi connectivity index (χ1v) is 10.0. The van der Waals surface area contributed by atoms with Gasteiger partial charge in [-0.05, 0) is 65.1 Å².